The number of nitrogens with two attached hydrogens (primary N) is 1. The molecule has 0 aliphatic rings. The second-order valence-electron chi connectivity index (χ2n) is 17.3. The minimum absolute atomic E-state index is 0.0680. The summed E-state index contributed by atoms with van der Waals surface area (Å²) < 4.78 is 5.70. The first-order valence-corrected chi connectivity index (χ1v) is 23.1. The number of rotatable bonds is 29. The molecule has 0 saturated heterocycles. The zero-order valence-electron chi connectivity index (χ0n) is 40.6. The van der Waals surface area contributed by atoms with Gasteiger partial charge in [0.25, 0.3) is 5.91 Å². The lowest BCUT2D eigenvalue weighted by atomic mass is 10.0. The minimum atomic E-state index is -0.218. The maximum Gasteiger partial charge on any atom is 0.251 e. The summed E-state index contributed by atoms with van der Waals surface area (Å²) in [6.45, 7) is 21.1. The quantitative estimate of drug-likeness (QED) is 0.0550. The number of ether oxygens (including phenoxy) is 1. The second kappa shape index (κ2) is 30.2. The monoisotopic (exact) mass is 851 g/mol. The van der Waals surface area contributed by atoms with Gasteiger partial charge in [0.2, 0.25) is 11.9 Å². The molecular weight excluding hydrogens is 769 g/mol. The number of nitrogen functional groups attached to an aromatic ring is 1. The molecule has 4 N–H and O–H groups in total. The Labute approximate surface area is 376 Å². The Kier molecular flexibility index (Phi) is 25.9. The number of aryl methyl sites for hydroxylation is 1. The maximum atomic E-state index is 13.1. The van der Waals surface area contributed by atoms with Gasteiger partial charge in [-0.05, 0) is 150 Å². The predicted molar refractivity (Wildman–Crippen MR) is 264 cm³/mol. The van der Waals surface area contributed by atoms with Crippen molar-refractivity contribution in [3.8, 4) is 5.75 Å². The molecule has 342 valence electrons. The summed E-state index contributed by atoms with van der Waals surface area (Å²) in [7, 11) is 3.39. The molecule has 9 heteroatoms. The van der Waals surface area contributed by atoms with Crippen molar-refractivity contribution in [2.24, 2.45) is 0 Å². The highest BCUT2D eigenvalue weighted by Crippen LogP contribution is 2.28. The van der Waals surface area contributed by atoms with Gasteiger partial charge in [-0.25, -0.2) is 4.98 Å². The van der Waals surface area contributed by atoms with E-state index in [2.05, 4.69) is 112 Å². The van der Waals surface area contributed by atoms with Crippen LogP contribution in [0.2, 0.25) is 0 Å². The lowest BCUT2D eigenvalue weighted by Crippen LogP contribution is -2.36. The number of nitrogens with zero attached hydrogens (tertiary/aromatic N) is 3. The number of carbonyl (C=O) groups excluding carboxylic acids is 2. The Morgan fingerprint density at radius 3 is 1.79 bits per heavy atom. The van der Waals surface area contributed by atoms with Crippen LogP contribution in [0, 0.1) is 6.92 Å². The van der Waals surface area contributed by atoms with E-state index in [4.69, 9.17) is 10.5 Å². The highest BCUT2D eigenvalue weighted by atomic mass is 16.5. The molecule has 0 radical (unpaired) electrons. The maximum absolute atomic E-state index is 13.1. The van der Waals surface area contributed by atoms with E-state index in [9.17, 15) is 9.59 Å². The van der Waals surface area contributed by atoms with Crippen LogP contribution in [0.5, 0.6) is 5.75 Å². The summed E-state index contributed by atoms with van der Waals surface area (Å²) in [5.74, 6) is 1.41. The smallest absolute Gasteiger partial charge is 0.251 e. The zero-order chi connectivity index (χ0) is 45.9. The fraction of sp³-hybridized carbons (Fsp3) is 0.547. The fourth-order valence-corrected chi connectivity index (χ4v) is 7.04. The molecule has 9 nitrogen and oxygen atoms in total. The van der Waals surface area contributed by atoms with Gasteiger partial charge in [0, 0.05) is 56.3 Å². The molecule has 0 atom stereocenters. The van der Waals surface area contributed by atoms with Crippen molar-refractivity contribution < 1.29 is 14.3 Å². The molecule has 0 aliphatic carbocycles. The topological polar surface area (TPSA) is 122 Å². The normalized spacial score (nSPS) is 12.7. The Morgan fingerprint density at radius 2 is 1.26 bits per heavy atom. The highest BCUT2D eigenvalue weighted by molar-refractivity contribution is 5.94. The number of anilines is 2. The van der Waals surface area contributed by atoms with Crippen LogP contribution in [0.15, 0.2) is 88.1 Å². The van der Waals surface area contributed by atoms with Crippen molar-refractivity contribution in [2.45, 2.75) is 159 Å². The van der Waals surface area contributed by atoms with Crippen molar-refractivity contribution in [2.75, 3.05) is 44.8 Å². The number of likely N-dealkylation sites (N-methyl/N-ethyl adjacent to an activating group) is 1. The van der Waals surface area contributed by atoms with Crippen molar-refractivity contribution in [1.82, 2.24) is 20.2 Å². The third-order valence-electron chi connectivity index (χ3n) is 11.2. The molecular formula is C53H82N6O3. The summed E-state index contributed by atoms with van der Waals surface area (Å²) in [5, 5.41) is 6.35. The van der Waals surface area contributed by atoms with Gasteiger partial charge in [0.05, 0.1) is 7.11 Å². The minimum Gasteiger partial charge on any atom is -0.496 e. The molecule has 0 bridgehead atoms. The van der Waals surface area contributed by atoms with Gasteiger partial charge >= 0.3 is 0 Å². The molecule has 0 unspecified atom stereocenters. The van der Waals surface area contributed by atoms with Gasteiger partial charge in [0.1, 0.15) is 11.6 Å². The molecule has 0 saturated carbocycles. The third kappa shape index (κ3) is 22.3. The first kappa shape index (κ1) is 53.2. The number of allylic oxidation sites excluding steroid dienone is 12. The highest BCUT2D eigenvalue weighted by Gasteiger charge is 2.17. The van der Waals surface area contributed by atoms with Crippen LogP contribution in [-0.2, 0) is 11.2 Å². The van der Waals surface area contributed by atoms with E-state index in [0.717, 1.165) is 106 Å². The third-order valence-corrected chi connectivity index (χ3v) is 11.2. The average Bonchev–Trinajstić information content (AvgIpc) is 3.22. The first-order chi connectivity index (χ1) is 29.6. The molecule has 0 aliphatic heterocycles. The van der Waals surface area contributed by atoms with Gasteiger partial charge in [-0.3, -0.25) is 9.59 Å². The largest absolute Gasteiger partial charge is 0.496 e. The van der Waals surface area contributed by atoms with Crippen LogP contribution in [0.25, 0.3) is 0 Å². The lowest BCUT2D eigenvalue weighted by Gasteiger charge is -2.18. The van der Waals surface area contributed by atoms with E-state index in [0.29, 0.717) is 37.2 Å². The molecule has 2 rings (SSSR count). The molecule has 2 amide bonds. The van der Waals surface area contributed by atoms with Gasteiger partial charge < -0.3 is 26.0 Å². The number of amides is 2. The Balaban J connectivity index is 1.70. The molecule has 0 fully saturated rings. The number of nitrogens with one attached hydrogen (secondary N) is 2. The van der Waals surface area contributed by atoms with E-state index in [-0.39, 0.29) is 17.8 Å². The Morgan fingerprint density at radius 1 is 0.726 bits per heavy atom. The van der Waals surface area contributed by atoms with Crippen LogP contribution >= 0.6 is 0 Å². The van der Waals surface area contributed by atoms with E-state index in [1.165, 1.54) is 39.9 Å². The standard InChI is InChI=1S/C53H82N6O3/c1-12-13-34-55-51-48(45(9)57-53(54)58-51)37-46-31-32-47(38-49(46)62-11)52(61)56-35-36-59(10)50(60)33-30-44(8)29-19-28-43(7)27-18-25-41(5)22-15-14-21-40(4)24-17-26-42(6)23-16-20-39(2)3/h20-22,26-27,29,31-32,38H,12-19,23-25,28,30,33-37H2,1-11H3,(H,56,61)(H3,54,55,57,58)/b40-21+,41-22+,42-26+,43-27+,44-29+. The molecule has 0 spiro atoms. The zero-order valence-corrected chi connectivity index (χ0v) is 40.6. The summed E-state index contributed by atoms with van der Waals surface area (Å²) in [5.41, 5.74) is 17.6. The first-order valence-electron chi connectivity index (χ1n) is 23.1. The van der Waals surface area contributed by atoms with Crippen LogP contribution in [0.1, 0.15) is 172 Å². The SMILES string of the molecule is CCCCNc1nc(N)nc(C)c1Cc1ccc(C(=O)NCCN(C)C(=O)CC/C(C)=C/CC/C(C)=C/CC/C(C)=C/CC/C=C(\C)CC/C=C(\C)CCC=C(C)C)cc1OC. The second-order valence-corrected chi connectivity index (χ2v) is 17.3. The number of carbonyl (C=O) groups is 2. The number of methoxy groups -OCH3 is 1. The summed E-state index contributed by atoms with van der Waals surface area (Å²) in [6, 6.07) is 5.45. The van der Waals surface area contributed by atoms with Crippen molar-refractivity contribution in [3.05, 3.63) is 110 Å². The van der Waals surface area contributed by atoms with Crippen LogP contribution in [0.3, 0.4) is 0 Å². The number of benzene rings is 1. The van der Waals surface area contributed by atoms with Crippen molar-refractivity contribution >= 4 is 23.6 Å². The van der Waals surface area contributed by atoms with Gasteiger partial charge in [-0.15, -0.1) is 0 Å². The number of aromatic nitrogens is 2. The predicted octanol–water partition coefficient (Wildman–Crippen LogP) is 12.7. The molecule has 1 aromatic carbocycles. The van der Waals surface area contributed by atoms with E-state index >= 15 is 0 Å². The van der Waals surface area contributed by atoms with Crippen LogP contribution in [0.4, 0.5) is 11.8 Å². The molecule has 2 aromatic rings. The van der Waals surface area contributed by atoms with E-state index < -0.39 is 0 Å². The summed E-state index contributed by atoms with van der Waals surface area (Å²) in [6.07, 6.45) is 29.0. The number of unbranched alkanes of at least 4 members (excludes halogenated alkanes) is 2. The number of hydrogen-bond donors (Lipinski definition) is 3. The summed E-state index contributed by atoms with van der Waals surface area (Å²) in [4.78, 5) is 36.5. The molecule has 1 aromatic heterocycles. The summed E-state index contributed by atoms with van der Waals surface area (Å²) >= 11 is 0. The van der Waals surface area contributed by atoms with Gasteiger partial charge in [-0.1, -0.05) is 89.3 Å². The Bertz CT molecular complexity index is 1900. The lowest BCUT2D eigenvalue weighted by molar-refractivity contribution is -0.129. The molecule has 62 heavy (non-hydrogen) atoms. The fourth-order valence-electron chi connectivity index (χ4n) is 7.04. The molecule has 1 heterocycles. The van der Waals surface area contributed by atoms with E-state index in [1.807, 2.05) is 13.0 Å². The number of hydrogen-bond acceptors (Lipinski definition) is 7. The van der Waals surface area contributed by atoms with Crippen LogP contribution in [-0.4, -0.2) is 60.5 Å². The van der Waals surface area contributed by atoms with Gasteiger partial charge in [-0.2, -0.15) is 4.98 Å². The van der Waals surface area contributed by atoms with Crippen molar-refractivity contribution in [1.29, 1.82) is 0 Å². The Hall–Kier alpha value is -4.92. The average molecular weight is 851 g/mol. The van der Waals surface area contributed by atoms with E-state index in [1.54, 1.807) is 31.2 Å². The van der Waals surface area contributed by atoms with Gasteiger partial charge in [0.15, 0.2) is 0 Å². The van der Waals surface area contributed by atoms with Crippen molar-refractivity contribution in [3.63, 3.8) is 0 Å². The van der Waals surface area contributed by atoms with Crippen LogP contribution < -0.4 is 21.1 Å².